The van der Waals surface area contributed by atoms with Crippen molar-refractivity contribution in [1.29, 1.82) is 0 Å². The molecule has 0 heterocycles. The number of halogens is 3. The summed E-state index contributed by atoms with van der Waals surface area (Å²) in [6.07, 6.45) is -4.71. The van der Waals surface area contributed by atoms with E-state index in [4.69, 9.17) is 0 Å². The van der Waals surface area contributed by atoms with Crippen LogP contribution in [0.15, 0.2) is 0 Å². The molecule has 0 aromatic rings. The third kappa shape index (κ3) is 5.12. The van der Waals surface area contributed by atoms with E-state index in [0.29, 0.717) is 11.8 Å². The van der Waals surface area contributed by atoms with Gasteiger partial charge in [-0.1, -0.05) is 32.5 Å². The highest BCUT2D eigenvalue weighted by molar-refractivity contribution is 8.14. The van der Waals surface area contributed by atoms with E-state index in [1.54, 1.807) is 20.8 Å². The molecular weight excluding hydrogens is 177 g/mol. The third-order valence-corrected chi connectivity index (χ3v) is 1.66. The Kier molecular flexibility index (Phi) is 2.99. The van der Waals surface area contributed by atoms with E-state index in [2.05, 4.69) is 0 Å². The number of hydrogen-bond donors (Lipinski definition) is 0. The molecule has 0 saturated heterocycles. The van der Waals surface area contributed by atoms with E-state index in [9.17, 15) is 18.0 Å². The van der Waals surface area contributed by atoms with Crippen molar-refractivity contribution >= 4 is 16.9 Å². The summed E-state index contributed by atoms with van der Waals surface area (Å²) in [5, 5.41) is -1.73. The van der Waals surface area contributed by atoms with Gasteiger partial charge in [0.15, 0.2) is 0 Å². The van der Waals surface area contributed by atoms with Crippen molar-refractivity contribution in [1.82, 2.24) is 0 Å². The van der Waals surface area contributed by atoms with Crippen molar-refractivity contribution in [2.45, 2.75) is 31.7 Å². The highest BCUT2D eigenvalue weighted by Crippen LogP contribution is 2.31. The molecule has 0 rings (SSSR count). The second kappa shape index (κ2) is 3.05. The van der Waals surface area contributed by atoms with Crippen LogP contribution in [0.5, 0.6) is 0 Å². The summed E-state index contributed by atoms with van der Waals surface area (Å²) >= 11 is 0.300. The maximum absolute atomic E-state index is 11.6. The van der Waals surface area contributed by atoms with Gasteiger partial charge in [0.1, 0.15) is 0 Å². The lowest BCUT2D eigenvalue weighted by Crippen LogP contribution is -2.24. The zero-order valence-electron chi connectivity index (χ0n) is 6.45. The Morgan fingerprint density at radius 1 is 1.18 bits per heavy atom. The summed E-state index contributed by atoms with van der Waals surface area (Å²) in [7, 11) is 0. The Bertz CT molecular complexity index is 156. The first kappa shape index (κ1) is 10.8. The molecule has 0 atom stereocenters. The Balaban J connectivity index is 4.11. The van der Waals surface area contributed by atoms with Gasteiger partial charge in [-0.05, 0) is 0 Å². The SMILES string of the molecule is CC(C)(C)SC(=O)C(F)(F)F. The van der Waals surface area contributed by atoms with Crippen LogP contribution in [0.3, 0.4) is 0 Å². The number of carbonyl (C=O) groups is 1. The van der Waals surface area contributed by atoms with E-state index >= 15 is 0 Å². The van der Waals surface area contributed by atoms with E-state index in [1.807, 2.05) is 0 Å². The highest BCUT2D eigenvalue weighted by atomic mass is 32.2. The second-order valence-electron chi connectivity index (χ2n) is 3.00. The molecule has 66 valence electrons. The fourth-order valence-electron chi connectivity index (χ4n) is 0.336. The molecule has 0 aromatic heterocycles. The number of rotatable bonds is 0. The lowest BCUT2D eigenvalue weighted by molar-refractivity contribution is -0.160. The molecule has 0 saturated carbocycles. The molecule has 0 aliphatic rings. The van der Waals surface area contributed by atoms with Crippen molar-refractivity contribution in [3.8, 4) is 0 Å². The van der Waals surface area contributed by atoms with Crippen LogP contribution in [0.4, 0.5) is 13.2 Å². The predicted molar refractivity (Wildman–Crippen MR) is 38.4 cm³/mol. The molecule has 0 fully saturated rings. The average molecular weight is 186 g/mol. The second-order valence-corrected chi connectivity index (χ2v) is 4.80. The molecule has 0 aliphatic carbocycles. The van der Waals surface area contributed by atoms with Crippen LogP contribution in [-0.2, 0) is 4.79 Å². The monoisotopic (exact) mass is 186 g/mol. The van der Waals surface area contributed by atoms with Gasteiger partial charge in [-0.15, -0.1) is 0 Å². The van der Waals surface area contributed by atoms with Gasteiger partial charge in [-0.2, -0.15) is 13.2 Å². The van der Waals surface area contributed by atoms with Crippen molar-refractivity contribution in [2.24, 2.45) is 0 Å². The molecule has 0 N–H and O–H groups in total. The molecule has 1 nitrogen and oxygen atoms in total. The van der Waals surface area contributed by atoms with Gasteiger partial charge in [0.05, 0.1) is 0 Å². The molecule has 0 unspecified atom stereocenters. The fraction of sp³-hybridized carbons (Fsp3) is 0.833. The van der Waals surface area contributed by atoms with Gasteiger partial charge in [0.2, 0.25) is 0 Å². The molecule has 0 aliphatic heterocycles. The van der Waals surface area contributed by atoms with Crippen LogP contribution in [0.25, 0.3) is 0 Å². The number of hydrogen-bond acceptors (Lipinski definition) is 2. The van der Waals surface area contributed by atoms with Gasteiger partial charge in [-0.3, -0.25) is 4.79 Å². The topological polar surface area (TPSA) is 17.1 Å². The molecule has 0 amide bonds. The van der Waals surface area contributed by atoms with Gasteiger partial charge in [-0.25, -0.2) is 0 Å². The molecular formula is C6H9F3OS. The largest absolute Gasteiger partial charge is 0.460 e. The maximum atomic E-state index is 11.6. The van der Waals surface area contributed by atoms with Gasteiger partial charge < -0.3 is 0 Å². The number of alkyl halides is 3. The van der Waals surface area contributed by atoms with Gasteiger partial charge in [0.25, 0.3) is 5.12 Å². The number of thioether (sulfide) groups is 1. The lowest BCUT2D eigenvalue weighted by atomic mass is 10.3. The standard InChI is InChI=1S/C6H9F3OS/c1-5(2,3)11-4(10)6(7,8)9/h1-3H3. The minimum Gasteiger partial charge on any atom is -0.277 e. The first-order valence-corrected chi connectivity index (χ1v) is 3.75. The zero-order chi connectivity index (χ0) is 9.28. The summed E-state index contributed by atoms with van der Waals surface area (Å²) in [5.41, 5.74) is 0. The van der Waals surface area contributed by atoms with Crippen LogP contribution < -0.4 is 0 Å². The van der Waals surface area contributed by atoms with Crippen molar-refractivity contribution < 1.29 is 18.0 Å². The molecule has 0 bridgehead atoms. The Morgan fingerprint density at radius 3 is 1.64 bits per heavy atom. The van der Waals surface area contributed by atoms with E-state index in [1.165, 1.54) is 0 Å². The van der Waals surface area contributed by atoms with Crippen LogP contribution >= 0.6 is 11.8 Å². The molecule has 0 spiro atoms. The predicted octanol–water partition coefficient (Wildman–Crippen LogP) is 2.61. The van der Waals surface area contributed by atoms with Crippen molar-refractivity contribution in [2.75, 3.05) is 0 Å². The number of carbonyl (C=O) groups excluding carboxylic acids is 1. The van der Waals surface area contributed by atoms with Gasteiger partial charge in [0, 0.05) is 4.75 Å². The first-order chi connectivity index (χ1) is 4.63. The summed E-state index contributed by atoms with van der Waals surface area (Å²) in [6.45, 7) is 4.67. The zero-order valence-corrected chi connectivity index (χ0v) is 7.27. The van der Waals surface area contributed by atoms with E-state index in [0.717, 1.165) is 0 Å². The van der Waals surface area contributed by atoms with E-state index < -0.39 is 16.0 Å². The summed E-state index contributed by atoms with van der Waals surface area (Å²) in [4.78, 5) is 10.3. The van der Waals surface area contributed by atoms with Gasteiger partial charge >= 0.3 is 6.18 Å². The molecule has 11 heavy (non-hydrogen) atoms. The summed E-state index contributed by atoms with van der Waals surface area (Å²) in [6, 6.07) is 0. The minimum absolute atomic E-state index is 0.300. The van der Waals surface area contributed by atoms with E-state index in [-0.39, 0.29) is 0 Å². The Hall–Kier alpha value is -0.190. The van der Waals surface area contributed by atoms with Crippen molar-refractivity contribution in [3.63, 3.8) is 0 Å². The van der Waals surface area contributed by atoms with Crippen LogP contribution in [-0.4, -0.2) is 16.0 Å². The van der Waals surface area contributed by atoms with Crippen LogP contribution in [0.1, 0.15) is 20.8 Å². The smallest absolute Gasteiger partial charge is 0.277 e. The molecule has 0 aromatic carbocycles. The summed E-state index contributed by atoms with van der Waals surface area (Å²) in [5.74, 6) is 0. The molecule has 5 heteroatoms. The van der Waals surface area contributed by atoms with Crippen molar-refractivity contribution in [3.05, 3.63) is 0 Å². The third-order valence-electron chi connectivity index (χ3n) is 0.630. The first-order valence-electron chi connectivity index (χ1n) is 2.93. The highest BCUT2D eigenvalue weighted by Gasteiger charge is 2.41. The lowest BCUT2D eigenvalue weighted by Gasteiger charge is -2.16. The average Bonchev–Trinajstić information content (AvgIpc) is 1.56. The summed E-state index contributed by atoms with van der Waals surface area (Å²) < 4.78 is 34.2. The fourth-order valence-corrected chi connectivity index (χ4v) is 1.01. The minimum atomic E-state index is -4.71. The Labute approximate surface area is 67.3 Å². The normalized spacial score (nSPS) is 13.3. The van der Waals surface area contributed by atoms with Crippen LogP contribution in [0, 0.1) is 0 Å². The maximum Gasteiger partial charge on any atom is 0.460 e. The van der Waals surface area contributed by atoms with Crippen LogP contribution in [0.2, 0.25) is 0 Å². The molecule has 0 radical (unpaired) electrons. The quantitative estimate of drug-likeness (QED) is 0.578. The Morgan fingerprint density at radius 2 is 1.55 bits per heavy atom.